The summed E-state index contributed by atoms with van der Waals surface area (Å²) in [6.45, 7) is 5.52. The largest absolute Gasteiger partial charge is 0.339 e. The summed E-state index contributed by atoms with van der Waals surface area (Å²) in [5.41, 5.74) is 6.19. The lowest BCUT2D eigenvalue weighted by Crippen LogP contribution is -2.54. The zero-order valence-electron chi connectivity index (χ0n) is 11.2. The van der Waals surface area contributed by atoms with Gasteiger partial charge in [-0.05, 0) is 24.6 Å². The molecule has 1 aliphatic rings. The van der Waals surface area contributed by atoms with Crippen LogP contribution in [0.1, 0.15) is 19.4 Å². The average molecular weight is 343 g/mol. The molecule has 2 atom stereocenters. The third kappa shape index (κ3) is 3.33. The molecule has 0 bridgehead atoms. The lowest BCUT2D eigenvalue weighted by atomic mass is 9.91. The molecule has 1 aromatic rings. The Morgan fingerprint density at radius 1 is 1.47 bits per heavy atom. The van der Waals surface area contributed by atoms with Gasteiger partial charge in [0, 0.05) is 28.6 Å². The standard InChI is InChI=1S/C14H19BrN2OS/c1-10-9-17(7-8-19-10)13(18)14(2,16)11-3-5-12(15)6-4-11/h3-6,10H,7-9,16H2,1-2H3. The van der Waals surface area contributed by atoms with Crippen LogP contribution in [0.3, 0.4) is 0 Å². The number of amides is 1. The van der Waals surface area contributed by atoms with Crippen molar-refractivity contribution in [1.29, 1.82) is 0 Å². The van der Waals surface area contributed by atoms with E-state index in [-0.39, 0.29) is 5.91 Å². The highest BCUT2D eigenvalue weighted by Crippen LogP contribution is 2.25. The van der Waals surface area contributed by atoms with E-state index in [4.69, 9.17) is 5.73 Å². The molecule has 1 saturated heterocycles. The van der Waals surface area contributed by atoms with E-state index in [0.717, 1.165) is 28.9 Å². The second-order valence-corrected chi connectivity index (χ2v) is 7.60. The Bertz CT molecular complexity index is 461. The van der Waals surface area contributed by atoms with Gasteiger partial charge in [-0.15, -0.1) is 0 Å². The number of carbonyl (C=O) groups is 1. The molecule has 0 aromatic heterocycles. The van der Waals surface area contributed by atoms with Crippen LogP contribution in [0.25, 0.3) is 0 Å². The van der Waals surface area contributed by atoms with Crippen LogP contribution in [-0.2, 0) is 10.3 Å². The Hall–Kier alpha value is -0.520. The van der Waals surface area contributed by atoms with Crippen LogP contribution in [0.5, 0.6) is 0 Å². The quantitative estimate of drug-likeness (QED) is 0.898. The third-order valence-electron chi connectivity index (χ3n) is 3.42. The maximum Gasteiger partial charge on any atom is 0.247 e. The van der Waals surface area contributed by atoms with E-state index in [0.29, 0.717) is 5.25 Å². The van der Waals surface area contributed by atoms with E-state index >= 15 is 0 Å². The van der Waals surface area contributed by atoms with Gasteiger partial charge in [0.1, 0.15) is 5.54 Å². The molecule has 1 fully saturated rings. The summed E-state index contributed by atoms with van der Waals surface area (Å²) in [6.07, 6.45) is 0. The Labute approximate surface area is 127 Å². The van der Waals surface area contributed by atoms with Crippen molar-refractivity contribution in [2.75, 3.05) is 18.8 Å². The third-order valence-corrected chi connectivity index (χ3v) is 5.08. The molecular formula is C14H19BrN2OS. The van der Waals surface area contributed by atoms with E-state index in [2.05, 4.69) is 22.9 Å². The first-order valence-corrected chi connectivity index (χ1v) is 8.21. The monoisotopic (exact) mass is 342 g/mol. The van der Waals surface area contributed by atoms with Crippen LogP contribution in [0, 0.1) is 0 Å². The van der Waals surface area contributed by atoms with E-state index < -0.39 is 5.54 Å². The molecule has 104 valence electrons. The molecule has 1 heterocycles. The highest BCUT2D eigenvalue weighted by Gasteiger charge is 2.35. The molecule has 1 amide bonds. The molecular weight excluding hydrogens is 324 g/mol. The molecule has 0 spiro atoms. The molecule has 0 radical (unpaired) electrons. The molecule has 0 aliphatic carbocycles. The van der Waals surface area contributed by atoms with Gasteiger partial charge in [-0.25, -0.2) is 0 Å². The Kier molecular flexibility index (Phi) is 4.58. The molecule has 5 heteroatoms. The topological polar surface area (TPSA) is 46.3 Å². The predicted octanol–water partition coefficient (Wildman–Crippen LogP) is 2.59. The summed E-state index contributed by atoms with van der Waals surface area (Å²) in [4.78, 5) is 14.5. The zero-order chi connectivity index (χ0) is 14.0. The average Bonchev–Trinajstić information content (AvgIpc) is 2.38. The summed E-state index contributed by atoms with van der Waals surface area (Å²) >= 11 is 5.30. The summed E-state index contributed by atoms with van der Waals surface area (Å²) in [7, 11) is 0. The van der Waals surface area contributed by atoms with Crippen LogP contribution in [0.15, 0.2) is 28.7 Å². The smallest absolute Gasteiger partial charge is 0.247 e. The molecule has 3 nitrogen and oxygen atoms in total. The highest BCUT2D eigenvalue weighted by atomic mass is 79.9. The first-order valence-electron chi connectivity index (χ1n) is 6.37. The van der Waals surface area contributed by atoms with E-state index in [9.17, 15) is 4.79 Å². The summed E-state index contributed by atoms with van der Waals surface area (Å²) < 4.78 is 0.988. The van der Waals surface area contributed by atoms with Gasteiger partial charge >= 0.3 is 0 Å². The number of halogens is 1. The lowest BCUT2D eigenvalue weighted by molar-refractivity contribution is -0.136. The van der Waals surface area contributed by atoms with Gasteiger partial charge in [-0.1, -0.05) is 35.0 Å². The van der Waals surface area contributed by atoms with Crippen molar-refractivity contribution in [2.24, 2.45) is 5.73 Å². The highest BCUT2D eigenvalue weighted by molar-refractivity contribution is 9.10. The van der Waals surface area contributed by atoms with E-state index in [1.165, 1.54) is 0 Å². The van der Waals surface area contributed by atoms with Gasteiger partial charge in [-0.3, -0.25) is 4.79 Å². The summed E-state index contributed by atoms with van der Waals surface area (Å²) in [6, 6.07) is 7.65. The van der Waals surface area contributed by atoms with Gasteiger partial charge in [0.15, 0.2) is 0 Å². The molecule has 2 rings (SSSR count). The van der Waals surface area contributed by atoms with E-state index in [1.807, 2.05) is 40.9 Å². The van der Waals surface area contributed by atoms with Gasteiger partial charge in [0.25, 0.3) is 0 Å². The van der Waals surface area contributed by atoms with Crippen LogP contribution >= 0.6 is 27.7 Å². The number of nitrogens with two attached hydrogens (primary N) is 1. The van der Waals surface area contributed by atoms with Crippen LogP contribution in [-0.4, -0.2) is 34.9 Å². The number of hydrogen-bond acceptors (Lipinski definition) is 3. The maximum atomic E-state index is 12.6. The van der Waals surface area contributed by atoms with Gasteiger partial charge in [0.2, 0.25) is 5.91 Å². The first kappa shape index (κ1) is 14.9. The fraction of sp³-hybridized carbons (Fsp3) is 0.500. The molecule has 2 unspecified atom stereocenters. The number of rotatable bonds is 2. The molecule has 2 N–H and O–H groups in total. The van der Waals surface area contributed by atoms with Gasteiger partial charge in [0.05, 0.1) is 0 Å². The van der Waals surface area contributed by atoms with Crippen LogP contribution < -0.4 is 5.73 Å². The van der Waals surface area contributed by atoms with Crippen molar-refractivity contribution < 1.29 is 4.79 Å². The fourth-order valence-corrected chi connectivity index (χ4v) is 3.53. The van der Waals surface area contributed by atoms with Crippen LogP contribution in [0.4, 0.5) is 0 Å². The van der Waals surface area contributed by atoms with E-state index in [1.54, 1.807) is 6.92 Å². The first-order chi connectivity index (χ1) is 8.91. The summed E-state index contributed by atoms with van der Waals surface area (Å²) in [5.74, 6) is 1.01. The Morgan fingerprint density at radius 3 is 2.68 bits per heavy atom. The van der Waals surface area contributed by atoms with Crippen molar-refractivity contribution in [3.63, 3.8) is 0 Å². The zero-order valence-corrected chi connectivity index (χ0v) is 13.6. The van der Waals surface area contributed by atoms with Crippen molar-refractivity contribution in [3.8, 4) is 0 Å². The second kappa shape index (κ2) is 5.85. The maximum absolute atomic E-state index is 12.6. The number of nitrogens with zero attached hydrogens (tertiary/aromatic N) is 1. The minimum absolute atomic E-state index is 0.0157. The van der Waals surface area contributed by atoms with Crippen molar-refractivity contribution in [3.05, 3.63) is 34.3 Å². The summed E-state index contributed by atoms with van der Waals surface area (Å²) in [5, 5.41) is 0.485. The number of benzene rings is 1. The van der Waals surface area contributed by atoms with Crippen molar-refractivity contribution >= 4 is 33.6 Å². The van der Waals surface area contributed by atoms with Crippen molar-refractivity contribution in [2.45, 2.75) is 24.6 Å². The second-order valence-electron chi connectivity index (χ2n) is 5.14. The molecule has 0 saturated carbocycles. The lowest BCUT2D eigenvalue weighted by Gasteiger charge is -2.36. The van der Waals surface area contributed by atoms with Gasteiger partial charge < -0.3 is 10.6 Å². The Balaban J connectivity index is 2.18. The Morgan fingerprint density at radius 2 is 2.11 bits per heavy atom. The minimum Gasteiger partial charge on any atom is -0.339 e. The molecule has 1 aliphatic heterocycles. The van der Waals surface area contributed by atoms with Crippen LogP contribution in [0.2, 0.25) is 0 Å². The van der Waals surface area contributed by atoms with Crippen molar-refractivity contribution in [1.82, 2.24) is 4.90 Å². The molecule has 19 heavy (non-hydrogen) atoms. The predicted molar refractivity (Wildman–Crippen MR) is 84.2 cm³/mol. The normalized spacial score (nSPS) is 22.9. The fourth-order valence-electron chi connectivity index (χ4n) is 2.25. The number of carbonyl (C=O) groups excluding carboxylic acids is 1. The molecule has 1 aromatic carbocycles. The SMILES string of the molecule is CC1CN(C(=O)C(C)(N)c2ccc(Br)cc2)CCS1. The van der Waals surface area contributed by atoms with Gasteiger partial charge in [-0.2, -0.15) is 11.8 Å². The number of thioether (sulfide) groups is 1. The number of hydrogen-bond donors (Lipinski definition) is 1. The minimum atomic E-state index is -0.956.